The summed E-state index contributed by atoms with van der Waals surface area (Å²) in [5.41, 5.74) is 2.79. The van der Waals surface area contributed by atoms with Gasteiger partial charge in [-0.2, -0.15) is 0 Å². The summed E-state index contributed by atoms with van der Waals surface area (Å²) in [4.78, 5) is 29.1. The van der Waals surface area contributed by atoms with Crippen LogP contribution in [0.4, 0.5) is 5.69 Å². The van der Waals surface area contributed by atoms with Crippen LogP contribution in [-0.4, -0.2) is 35.7 Å². The van der Waals surface area contributed by atoms with Crippen LogP contribution in [0, 0.1) is 17.3 Å². The molecule has 0 radical (unpaired) electrons. The zero-order chi connectivity index (χ0) is 26.3. The van der Waals surface area contributed by atoms with Crippen LogP contribution < -0.4 is 5.32 Å². The maximum Gasteiger partial charge on any atom is 0.225 e. The molecule has 2 aromatic carbocycles. The van der Waals surface area contributed by atoms with Crippen molar-refractivity contribution in [1.29, 1.82) is 0 Å². The first kappa shape index (κ1) is 27.4. The van der Waals surface area contributed by atoms with Crippen LogP contribution in [0.2, 0.25) is 0 Å². The van der Waals surface area contributed by atoms with E-state index in [4.69, 9.17) is 0 Å². The van der Waals surface area contributed by atoms with E-state index in [9.17, 15) is 9.59 Å². The summed E-state index contributed by atoms with van der Waals surface area (Å²) in [6, 6.07) is 18.7. The third kappa shape index (κ3) is 6.64. The van der Waals surface area contributed by atoms with Crippen LogP contribution in [0.1, 0.15) is 94.5 Å². The first-order valence-corrected chi connectivity index (χ1v) is 14.7. The Labute approximate surface area is 224 Å². The van der Waals surface area contributed by atoms with E-state index in [0.717, 1.165) is 82.1 Å². The van der Waals surface area contributed by atoms with Gasteiger partial charge in [0.05, 0.1) is 5.41 Å². The molecular formula is C33H46N2O2. The van der Waals surface area contributed by atoms with E-state index >= 15 is 0 Å². The van der Waals surface area contributed by atoms with Gasteiger partial charge < -0.3 is 10.2 Å². The standard InChI is InChI=1S/C33H46N2O2/c1-4-22-35(23-12-6-9-15-26-13-7-5-8-14-26)32(37)28-20-18-27(19-21-28)24-33(3)25(2)34-30-17-11-10-16-29(30)31(33)36/h5,7-8,10-11,13-14,16-17,25,27-28,34H,4,6,9,12,15,18-24H2,1-3H3. The number of nitrogens with one attached hydrogen (secondary N) is 1. The molecule has 4 heteroatoms. The second-order valence-corrected chi connectivity index (χ2v) is 11.7. The Hall–Kier alpha value is -2.62. The zero-order valence-corrected chi connectivity index (χ0v) is 23.2. The fourth-order valence-electron chi connectivity index (χ4n) is 6.50. The third-order valence-corrected chi connectivity index (χ3v) is 8.97. The number of nitrogens with zero attached hydrogens (tertiary/aromatic N) is 1. The van der Waals surface area contributed by atoms with Crippen molar-refractivity contribution >= 4 is 17.4 Å². The van der Waals surface area contributed by atoms with Crippen LogP contribution in [0.25, 0.3) is 0 Å². The summed E-state index contributed by atoms with van der Waals surface area (Å²) in [6.07, 6.45) is 10.5. The van der Waals surface area contributed by atoms with E-state index in [1.54, 1.807) is 0 Å². The van der Waals surface area contributed by atoms with Crippen molar-refractivity contribution in [1.82, 2.24) is 4.90 Å². The molecule has 37 heavy (non-hydrogen) atoms. The predicted octanol–water partition coefficient (Wildman–Crippen LogP) is 7.54. The second-order valence-electron chi connectivity index (χ2n) is 11.7. The van der Waals surface area contributed by atoms with E-state index in [2.05, 4.69) is 61.3 Å². The molecule has 2 aliphatic rings. The van der Waals surface area contributed by atoms with Gasteiger partial charge in [0.1, 0.15) is 0 Å². The maximum atomic E-state index is 13.5. The quantitative estimate of drug-likeness (QED) is 0.323. The van der Waals surface area contributed by atoms with Crippen molar-refractivity contribution in [3.8, 4) is 0 Å². The van der Waals surface area contributed by atoms with E-state index in [1.807, 2.05) is 24.3 Å². The summed E-state index contributed by atoms with van der Waals surface area (Å²) in [5.74, 6) is 1.30. The average molecular weight is 503 g/mol. The van der Waals surface area contributed by atoms with Crippen molar-refractivity contribution in [2.45, 2.75) is 91.0 Å². The second kappa shape index (κ2) is 12.8. The number of aryl methyl sites for hydroxylation is 1. The first-order valence-electron chi connectivity index (χ1n) is 14.7. The van der Waals surface area contributed by atoms with Crippen molar-refractivity contribution in [2.75, 3.05) is 18.4 Å². The van der Waals surface area contributed by atoms with Gasteiger partial charge in [0.25, 0.3) is 0 Å². The number of unbranched alkanes of at least 4 members (excludes halogenated alkanes) is 2. The SMILES string of the molecule is CCCN(CCCCCc1ccccc1)C(=O)C1CCC(CC2(C)C(=O)c3ccccc3NC2C)CC1. The number of carbonyl (C=O) groups is 2. The van der Waals surface area contributed by atoms with Gasteiger partial charge in [0.2, 0.25) is 5.91 Å². The Kier molecular flexibility index (Phi) is 9.45. The lowest BCUT2D eigenvalue weighted by Crippen LogP contribution is -2.48. The topological polar surface area (TPSA) is 49.4 Å². The van der Waals surface area contributed by atoms with E-state index in [-0.39, 0.29) is 17.7 Å². The van der Waals surface area contributed by atoms with Crippen LogP contribution >= 0.6 is 0 Å². The smallest absolute Gasteiger partial charge is 0.225 e. The molecule has 4 nitrogen and oxygen atoms in total. The molecule has 2 atom stereocenters. The Morgan fingerprint density at radius 2 is 1.65 bits per heavy atom. The van der Waals surface area contributed by atoms with Gasteiger partial charge in [-0.15, -0.1) is 0 Å². The lowest BCUT2D eigenvalue weighted by atomic mass is 9.65. The summed E-state index contributed by atoms with van der Waals surface area (Å²) in [6.45, 7) is 8.21. The van der Waals surface area contributed by atoms with E-state index < -0.39 is 5.41 Å². The monoisotopic (exact) mass is 502 g/mol. The Morgan fingerprint density at radius 1 is 0.946 bits per heavy atom. The van der Waals surface area contributed by atoms with Crippen LogP contribution in [0.3, 0.4) is 0 Å². The Balaban J connectivity index is 1.25. The molecule has 1 amide bonds. The number of hydrogen-bond acceptors (Lipinski definition) is 3. The number of rotatable bonds is 11. The van der Waals surface area contributed by atoms with Gasteiger partial charge in [-0.05, 0) is 88.3 Å². The lowest BCUT2D eigenvalue weighted by molar-refractivity contribution is -0.137. The maximum absolute atomic E-state index is 13.5. The van der Waals surface area contributed by atoms with Crippen molar-refractivity contribution < 1.29 is 9.59 Å². The van der Waals surface area contributed by atoms with Crippen LogP contribution in [0.5, 0.6) is 0 Å². The van der Waals surface area contributed by atoms with Gasteiger partial charge in [-0.1, -0.05) is 62.7 Å². The molecule has 2 unspecified atom stereocenters. The molecule has 1 aliphatic heterocycles. The number of carbonyl (C=O) groups excluding carboxylic acids is 2. The normalized spacial score (nSPS) is 25.3. The highest BCUT2D eigenvalue weighted by molar-refractivity contribution is 6.07. The van der Waals surface area contributed by atoms with E-state index in [1.165, 1.54) is 12.0 Å². The number of amides is 1. The lowest BCUT2D eigenvalue weighted by Gasteiger charge is -2.43. The number of hydrogen-bond donors (Lipinski definition) is 1. The zero-order valence-electron chi connectivity index (χ0n) is 23.2. The molecule has 1 N–H and O–H groups in total. The molecule has 1 fully saturated rings. The van der Waals surface area contributed by atoms with Gasteiger partial charge >= 0.3 is 0 Å². The molecule has 1 heterocycles. The van der Waals surface area contributed by atoms with Gasteiger partial charge in [0, 0.05) is 36.3 Å². The molecule has 1 saturated carbocycles. The molecule has 2 aromatic rings. The third-order valence-electron chi connectivity index (χ3n) is 8.97. The number of anilines is 1. The highest BCUT2D eigenvalue weighted by atomic mass is 16.2. The average Bonchev–Trinajstić information content (AvgIpc) is 2.92. The molecule has 4 rings (SSSR count). The number of fused-ring (bicyclic) bond motifs is 1. The molecule has 1 aliphatic carbocycles. The summed E-state index contributed by atoms with van der Waals surface area (Å²) < 4.78 is 0. The van der Waals surface area contributed by atoms with Crippen molar-refractivity contribution in [3.63, 3.8) is 0 Å². The number of Topliss-reactive ketones (excluding diaryl/α,β-unsaturated/α-hetero) is 1. The first-order chi connectivity index (χ1) is 17.9. The highest BCUT2D eigenvalue weighted by Crippen LogP contribution is 2.44. The Morgan fingerprint density at radius 3 is 2.38 bits per heavy atom. The predicted molar refractivity (Wildman–Crippen MR) is 153 cm³/mol. The minimum atomic E-state index is -0.399. The largest absolute Gasteiger partial charge is 0.381 e. The molecule has 0 aromatic heterocycles. The molecule has 0 bridgehead atoms. The summed E-state index contributed by atoms with van der Waals surface area (Å²) in [5, 5.41) is 3.58. The van der Waals surface area contributed by atoms with Gasteiger partial charge in [0.15, 0.2) is 5.78 Å². The summed E-state index contributed by atoms with van der Waals surface area (Å²) >= 11 is 0. The van der Waals surface area contributed by atoms with Crippen molar-refractivity contribution in [3.05, 3.63) is 65.7 Å². The number of benzene rings is 2. The fourth-order valence-corrected chi connectivity index (χ4v) is 6.50. The van der Waals surface area contributed by atoms with Crippen LogP contribution in [-0.2, 0) is 11.2 Å². The molecular weight excluding hydrogens is 456 g/mol. The van der Waals surface area contributed by atoms with Crippen molar-refractivity contribution in [2.24, 2.45) is 17.3 Å². The molecule has 0 saturated heterocycles. The van der Waals surface area contributed by atoms with E-state index in [0.29, 0.717) is 11.8 Å². The number of para-hydroxylation sites is 1. The Bertz CT molecular complexity index is 1030. The highest BCUT2D eigenvalue weighted by Gasteiger charge is 2.45. The minimum Gasteiger partial charge on any atom is -0.381 e. The summed E-state index contributed by atoms with van der Waals surface area (Å²) in [7, 11) is 0. The van der Waals surface area contributed by atoms with Gasteiger partial charge in [-0.3, -0.25) is 9.59 Å². The minimum absolute atomic E-state index is 0.108. The van der Waals surface area contributed by atoms with Crippen LogP contribution in [0.15, 0.2) is 54.6 Å². The fraction of sp³-hybridized carbons (Fsp3) is 0.576. The number of ketones is 1. The van der Waals surface area contributed by atoms with Gasteiger partial charge in [-0.25, -0.2) is 0 Å². The molecule has 200 valence electrons. The molecule has 0 spiro atoms.